The maximum absolute atomic E-state index is 11.0. The van der Waals surface area contributed by atoms with Crippen LogP contribution < -0.4 is 10.4 Å². The number of carboxylic acids is 1. The average Bonchev–Trinajstić information content (AvgIpc) is 2.29. The van der Waals surface area contributed by atoms with Gasteiger partial charge >= 0.3 is 5.97 Å². The summed E-state index contributed by atoms with van der Waals surface area (Å²) in [6.45, 7) is 0. The van der Waals surface area contributed by atoms with E-state index >= 15 is 0 Å². The van der Waals surface area contributed by atoms with Crippen LogP contribution in [0.2, 0.25) is 0 Å². The highest BCUT2D eigenvalue weighted by Gasteiger charge is 2.23. The first kappa shape index (κ1) is 9.03. The van der Waals surface area contributed by atoms with E-state index in [0.717, 1.165) is 16.8 Å². The highest BCUT2D eigenvalue weighted by Crippen LogP contribution is 2.33. The van der Waals surface area contributed by atoms with Crippen molar-refractivity contribution in [2.45, 2.75) is 6.42 Å². The van der Waals surface area contributed by atoms with Crippen LogP contribution in [-0.4, -0.2) is 11.1 Å². The molecule has 2 heterocycles. The number of anilines is 1. The second kappa shape index (κ2) is 3.13. The van der Waals surface area contributed by atoms with E-state index in [0.29, 0.717) is 12.0 Å². The van der Waals surface area contributed by atoms with E-state index in [1.54, 1.807) is 17.4 Å². The lowest BCUT2D eigenvalue weighted by Gasteiger charge is -2.31. The van der Waals surface area contributed by atoms with Gasteiger partial charge in [-0.3, -0.25) is 5.01 Å². The smallest absolute Gasteiger partial charge is 0.333 e. The quantitative estimate of drug-likeness (QED) is 0.744. The number of hydrogen-bond acceptors (Lipinski definition) is 3. The van der Waals surface area contributed by atoms with Gasteiger partial charge in [0.2, 0.25) is 0 Å². The second-order valence-electron chi connectivity index (χ2n) is 3.82. The van der Waals surface area contributed by atoms with Crippen molar-refractivity contribution >= 4 is 17.7 Å². The molecule has 0 radical (unpaired) electrons. The van der Waals surface area contributed by atoms with E-state index in [9.17, 15) is 4.79 Å². The molecule has 80 valence electrons. The van der Waals surface area contributed by atoms with Crippen molar-refractivity contribution in [3.8, 4) is 0 Å². The Hall–Kier alpha value is -2.23. The second-order valence-corrected chi connectivity index (χ2v) is 3.82. The van der Waals surface area contributed by atoms with Gasteiger partial charge in [-0.2, -0.15) is 0 Å². The maximum Gasteiger partial charge on any atom is 0.333 e. The largest absolute Gasteiger partial charge is 0.478 e. The Balaban J connectivity index is 2.16. The third-order valence-electron chi connectivity index (χ3n) is 2.81. The van der Waals surface area contributed by atoms with Crippen LogP contribution in [0.3, 0.4) is 0 Å². The molecule has 0 unspecified atom stereocenters. The summed E-state index contributed by atoms with van der Waals surface area (Å²) in [5, 5.41) is 10.8. The summed E-state index contributed by atoms with van der Waals surface area (Å²) in [7, 11) is 0. The molecular formula is C12H10N2O2. The predicted octanol–water partition coefficient (Wildman–Crippen LogP) is 1.51. The van der Waals surface area contributed by atoms with Gasteiger partial charge in [0.25, 0.3) is 0 Å². The summed E-state index contributed by atoms with van der Waals surface area (Å²) in [5.74, 6) is -0.868. The molecule has 0 aromatic heterocycles. The van der Waals surface area contributed by atoms with Crippen molar-refractivity contribution in [2.24, 2.45) is 0 Å². The van der Waals surface area contributed by atoms with Crippen LogP contribution >= 0.6 is 0 Å². The van der Waals surface area contributed by atoms with Gasteiger partial charge in [0.1, 0.15) is 0 Å². The Morgan fingerprint density at radius 1 is 1.44 bits per heavy atom. The van der Waals surface area contributed by atoms with Gasteiger partial charge in [-0.25, -0.2) is 4.79 Å². The van der Waals surface area contributed by atoms with Gasteiger partial charge in [0, 0.05) is 24.4 Å². The van der Waals surface area contributed by atoms with Crippen LogP contribution in [0.15, 0.2) is 36.2 Å². The molecule has 0 spiro atoms. The Morgan fingerprint density at radius 2 is 2.31 bits per heavy atom. The number of nitrogens with zero attached hydrogens (tertiary/aromatic N) is 1. The number of para-hydroxylation sites is 1. The number of aliphatic carboxylic acids is 1. The third-order valence-corrected chi connectivity index (χ3v) is 2.81. The van der Waals surface area contributed by atoms with Gasteiger partial charge in [0.05, 0.1) is 11.3 Å². The summed E-state index contributed by atoms with van der Waals surface area (Å²) in [6.07, 6.45) is 5.89. The summed E-state index contributed by atoms with van der Waals surface area (Å²) < 4.78 is 0. The van der Waals surface area contributed by atoms with Gasteiger partial charge in [-0.05, 0) is 11.6 Å². The summed E-state index contributed by atoms with van der Waals surface area (Å²) in [6, 6.07) is 5.93. The van der Waals surface area contributed by atoms with Crippen LogP contribution in [-0.2, 0) is 11.2 Å². The molecule has 0 aliphatic carbocycles. The van der Waals surface area contributed by atoms with E-state index in [1.165, 1.54) is 0 Å². The van der Waals surface area contributed by atoms with E-state index in [4.69, 9.17) is 5.11 Å². The highest BCUT2D eigenvalue weighted by atomic mass is 16.4. The highest BCUT2D eigenvalue weighted by molar-refractivity contribution is 5.90. The third kappa shape index (κ3) is 1.20. The fourth-order valence-corrected chi connectivity index (χ4v) is 2.09. The first-order valence-corrected chi connectivity index (χ1v) is 5.03. The monoisotopic (exact) mass is 214 g/mol. The fraction of sp³-hybridized carbons (Fsp3) is 0.0833. The van der Waals surface area contributed by atoms with E-state index in [2.05, 4.69) is 5.43 Å². The number of nitrogens with one attached hydrogen (secondary N) is 1. The molecule has 2 aliphatic heterocycles. The molecule has 0 saturated carbocycles. The molecule has 0 amide bonds. The maximum atomic E-state index is 11.0. The van der Waals surface area contributed by atoms with Crippen molar-refractivity contribution in [1.29, 1.82) is 0 Å². The number of rotatable bonds is 1. The van der Waals surface area contributed by atoms with Crippen LogP contribution in [0.5, 0.6) is 0 Å². The van der Waals surface area contributed by atoms with Crippen molar-refractivity contribution in [3.63, 3.8) is 0 Å². The molecule has 0 saturated heterocycles. The number of benzene rings is 1. The molecule has 16 heavy (non-hydrogen) atoms. The van der Waals surface area contributed by atoms with Crippen LogP contribution in [0.1, 0.15) is 11.1 Å². The Bertz CT molecular complexity index is 532. The normalized spacial score (nSPS) is 16.2. The zero-order chi connectivity index (χ0) is 11.1. The lowest BCUT2D eigenvalue weighted by atomic mass is 9.96. The molecular weight excluding hydrogens is 204 g/mol. The van der Waals surface area contributed by atoms with Crippen LogP contribution in [0.25, 0.3) is 6.08 Å². The lowest BCUT2D eigenvalue weighted by Crippen LogP contribution is -2.35. The Labute approximate surface area is 92.5 Å². The van der Waals surface area contributed by atoms with E-state index in [1.807, 2.05) is 24.3 Å². The van der Waals surface area contributed by atoms with Crippen molar-refractivity contribution in [2.75, 3.05) is 5.01 Å². The molecule has 1 aromatic rings. The zero-order valence-electron chi connectivity index (χ0n) is 8.47. The van der Waals surface area contributed by atoms with E-state index < -0.39 is 5.97 Å². The van der Waals surface area contributed by atoms with E-state index in [-0.39, 0.29) is 0 Å². The molecule has 4 heteroatoms. The number of carboxylic acid groups (broad SMARTS) is 1. The van der Waals surface area contributed by atoms with Gasteiger partial charge in [-0.1, -0.05) is 18.2 Å². The molecule has 0 fully saturated rings. The van der Waals surface area contributed by atoms with Gasteiger partial charge in [0.15, 0.2) is 0 Å². The van der Waals surface area contributed by atoms with Crippen molar-refractivity contribution in [1.82, 2.24) is 5.43 Å². The molecule has 2 N–H and O–H groups in total. The molecule has 2 aliphatic rings. The van der Waals surface area contributed by atoms with Crippen LogP contribution in [0.4, 0.5) is 5.69 Å². The molecule has 0 bridgehead atoms. The van der Waals surface area contributed by atoms with Crippen molar-refractivity contribution in [3.05, 3.63) is 47.3 Å². The molecule has 1 aromatic carbocycles. The first-order valence-electron chi connectivity index (χ1n) is 5.03. The SMILES string of the molecule is O=C(O)C1=CN2NC=Cc3cccc(c32)C1. The standard InChI is InChI=1S/C12H10N2O2/c15-12(16)10-6-9-3-1-2-8-4-5-13-14(7-10)11(8)9/h1-5,7,13H,6H2,(H,15,16). The molecule has 4 nitrogen and oxygen atoms in total. The number of hydrogen-bond donors (Lipinski definition) is 2. The minimum absolute atomic E-state index is 0.396. The number of hydrazine groups is 1. The van der Waals surface area contributed by atoms with Crippen LogP contribution in [0, 0.1) is 0 Å². The van der Waals surface area contributed by atoms with Gasteiger partial charge < -0.3 is 10.5 Å². The first-order chi connectivity index (χ1) is 7.75. The summed E-state index contributed by atoms with van der Waals surface area (Å²) >= 11 is 0. The predicted molar refractivity (Wildman–Crippen MR) is 60.5 cm³/mol. The Morgan fingerprint density at radius 3 is 3.12 bits per heavy atom. The summed E-state index contributed by atoms with van der Waals surface area (Å²) in [4.78, 5) is 11.0. The minimum Gasteiger partial charge on any atom is -0.478 e. The molecule has 3 rings (SSSR count). The lowest BCUT2D eigenvalue weighted by molar-refractivity contribution is -0.132. The van der Waals surface area contributed by atoms with Crippen molar-refractivity contribution < 1.29 is 9.90 Å². The fourth-order valence-electron chi connectivity index (χ4n) is 2.09. The topological polar surface area (TPSA) is 52.6 Å². The average molecular weight is 214 g/mol. The number of carbonyl (C=O) groups is 1. The Kier molecular flexibility index (Phi) is 1.77. The van der Waals surface area contributed by atoms with Gasteiger partial charge in [-0.15, -0.1) is 0 Å². The minimum atomic E-state index is -0.868. The zero-order valence-corrected chi connectivity index (χ0v) is 8.47. The molecule has 0 atom stereocenters. The summed E-state index contributed by atoms with van der Waals surface area (Å²) in [5.41, 5.74) is 6.61.